The van der Waals surface area contributed by atoms with Crippen molar-refractivity contribution < 1.29 is 18.0 Å². The van der Waals surface area contributed by atoms with Crippen molar-refractivity contribution in [3.8, 4) is 0 Å². The summed E-state index contributed by atoms with van der Waals surface area (Å²) in [4.78, 5) is 30.5. The Hall–Kier alpha value is -3.53. The summed E-state index contributed by atoms with van der Waals surface area (Å²) in [6.07, 6.45) is 3.16. The molecule has 0 radical (unpaired) electrons. The van der Waals surface area contributed by atoms with E-state index in [1.54, 1.807) is 52.8 Å². The number of hydrogen-bond acceptors (Lipinski definition) is 5. The summed E-state index contributed by atoms with van der Waals surface area (Å²) in [6, 6.07) is 23.1. The number of carbonyl (C=O) groups excluding carboxylic acids is 2. The van der Waals surface area contributed by atoms with Crippen LogP contribution >= 0.6 is 0 Å². The van der Waals surface area contributed by atoms with Crippen molar-refractivity contribution in [2.45, 2.75) is 30.7 Å². The van der Waals surface area contributed by atoms with Crippen LogP contribution in [0.3, 0.4) is 0 Å². The SMILES string of the molecule is O=C(Nc1ccccc1C(=O)N1CCCCC1)c1ccc(CN2CCN(S(=O)(=O)c3ccccc3)CC2)cc1. The molecule has 0 spiro atoms. The Kier molecular flexibility index (Phi) is 8.40. The molecule has 3 aromatic rings. The zero-order valence-corrected chi connectivity index (χ0v) is 22.8. The Morgan fingerprint density at radius 3 is 2.05 bits per heavy atom. The van der Waals surface area contributed by atoms with Crippen LogP contribution in [0.4, 0.5) is 5.69 Å². The van der Waals surface area contributed by atoms with E-state index >= 15 is 0 Å². The average Bonchev–Trinajstić information content (AvgIpc) is 2.98. The molecule has 5 rings (SSSR count). The van der Waals surface area contributed by atoms with Gasteiger partial charge in [0.15, 0.2) is 0 Å². The number of benzene rings is 3. The molecule has 2 heterocycles. The number of piperidine rings is 1. The van der Waals surface area contributed by atoms with Gasteiger partial charge in [0.25, 0.3) is 11.8 Å². The van der Waals surface area contributed by atoms with Crippen molar-refractivity contribution in [2.75, 3.05) is 44.6 Å². The normalized spacial score (nSPS) is 17.1. The van der Waals surface area contributed by atoms with E-state index in [-0.39, 0.29) is 11.8 Å². The molecule has 2 amide bonds. The summed E-state index contributed by atoms with van der Waals surface area (Å²) < 4.78 is 27.3. The highest BCUT2D eigenvalue weighted by molar-refractivity contribution is 7.89. The maximum absolute atomic E-state index is 13.1. The molecule has 2 aliphatic heterocycles. The molecule has 39 heavy (non-hydrogen) atoms. The summed E-state index contributed by atoms with van der Waals surface area (Å²) >= 11 is 0. The quantitative estimate of drug-likeness (QED) is 0.483. The lowest BCUT2D eigenvalue weighted by Gasteiger charge is -2.34. The number of piperazine rings is 1. The molecule has 0 aliphatic carbocycles. The van der Waals surface area contributed by atoms with E-state index in [0.717, 1.165) is 37.9 Å². The van der Waals surface area contributed by atoms with Gasteiger partial charge < -0.3 is 10.2 Å². The smallest absolute Gasteiger partial charge is 0.255 e. The fourth-order valence-corrected chi connectivity index (χ4v) is 6.57. The molecule has 0 atom stereocenters. The van der Waals surface area contributed by atoms with Gasteiger partial charge >= 0.3 is 0 Å². The number of likely N-dealkylation sites (tertiary alicyclic amines) is 1. The fourth-order valence-electron chi connectivity index (χ4n) is 5.13. The van der Waals surface area contributed by atoms with Gasteiger partial charge in [-0.15, -0.1) is 0 Å². The number of carbonyl (C=O) groups is 2. The first kappa shape index (κ1) is 27.1. The molecular weight excluding hydrogens is 512 g/mol. The van der Waals surface area contributed by atoms with Gasteiger partial charge in [-0.2, -0.15) is 4.31 Å². The minimum Gasteiger partial charge on any atom is -0.339 e. The third-order valence-electron chi connectivity index (χ3n) is 7.38. The lowest BCUT2D eigenvalue weighted by molar-refractivity contribution is 0.0725. The van der Waals surface area contributed by atoms with Gasteiger partial charge in [-0.05, 0) is 61.2 Å². The van der Waals surface area contributed by atoms with Crippen LogP contribution in [0.15, 0.2) is 83.8 Å². The third-order valence-corrected chi connectivity index (χ3v) is 9.30. The van der Waals surface area contributed by atoms with E-state index in [4.69, 9.17) is 0 Å². The van der Waals surface area contributed by atoms with E-state index in [9.17, 15) is 18.0 Å². The average molecular weight is 547 g/mol. The molecule has 1 N–H and O–H groups in total. The number of anilines is 1. The largest absolute Gasteiger partial charge is 0.339 e. The molecule has 0 saturated carbocycles. The van der Waals surface area contributed by atoms with Crippen LogP contribution in [-0.4, -0.2) is 73.6 Å². The lowest BCUT2D eigenvalue weighted by atomic mass is 10.1. The Bertz CT molecular complexity index is 1400. The number of para-hydroxylation sites is 1. The molecular formula is C30H34N4O4S. The first-order valence-corrected chi connectivity index (χ1v) is 14.9. The second-order valence-electron chi connectivity index (χ2n) is 10.0. The van der Waals surface area contributed by atoms with Crippen molar-refractivity contribution >= 4 is 27.5 Å². The highest BCUT2D eigenvalue weighted by atomic mass is 32.2. The molecule has 9 heteroatoms. The maximum Gasteiger partial charge on any atom is 0.255 e. The van der Waals surface area contributed by atoms with Gasteiger partial charge in [-0.25, -0.2) is 8.42 Å². The van der Waals surface area contributed by atoms with Crippen LogP contribution < -0.4 is 5.32 Å². The summed E-state index contributed by atoms with van der Waals surface area (Å²) in [7, 11) is -3.48. The van der Waals surface area contributed by atoms with Gasteiger partial charge in [-0.3, -0.25) is 14.5 Å². The van der Waals surface area contributed by atoms with Crippen molar-refractivity contribution in [1.29, 1.82) is 0 Å². The summed E-state index contributed by atoms with van der Waals surface area (Å²) in [5, 5.41) is 2.92. The van der Waals surface area contributed by atoms with Crippen LogP contribution in [-0.2, 0) is 16.6 Å². The van der Waals surface area contributed by atoms with Gasteiger partial charge in [-0.1, -0.05) is 42.5 Å². The highest BCUT2D eigenvalue weighted by Crippen LogP contribution is 2.22. The molecule has 0 unspecified atom stereocenters. The Morgan fingerprint density at radius 2 is 1.36 bits per heavy atom. The van der Waals surface area contributed by atoms with Crippen LogP contribution in [0, 0.1) is 0 Å². The molecule has 204 valence electrons. The number of hydrogen-bond donors (Lipinski definition) is 1. The zero-order chi connectivity index (χ0) is 27.2. The van der Waals surface area contributed by atoms with Crippen molar-refractivity contribution in [1.82, 2.24) is 14.1 Å². The van der Waals surface area contributed by atoms with Gasteiger partial charge in [0.05, 0.1) is 16.1 Å². The summed E-state index contributed by atoms with van der Waals surface area (Å²) in [5.41, 5.74) is 2.59. The van der Waals surface area contributed by atoms with Gasteiger partial charge in [0.1, 0.15) is 0 Å². The second-order valence-corrected chi connectivity index (χ2v) is 12.0. The summed E-state index contributed by atoms with van der Waals surface area (Å²) in [5.74, 6) is -0.308. The number of nitrogens with zero attached hydrogens (tertiary/aromatic N) is 3. The predicted octanol–water partition coefficient (Wildman–Crippen LogP) is 4.07. The standard InChI is InChI=1S/C30H34N4O4S/c35-29(31-28-12-6-5-11-27(28)30(36)33-17-7-2-8-18-33)25-15-13-24(14-16-25)23-32-19-21-34(22-20-32)39(37,38)26-9-3-1-4-10-26/h1,3-6,9-16H,2,7-8,17-23H2,(H,31,35). The molecule has 0 bridgehead atoms. The Morgan fingerprint density at radius 1 is 0.718 bits per heavy atom. The molecule has 0 aromatic heterocycles. The first-order chi connectivity index (χ1) is 18.9. The van der Waals surface area contributed by atoms with Crippen LogP contribution in [0.1, 0.15) is 45.5 Å². The van der Waals surface area contributed by atoms with Crippen LogP contribution in [0.2, 0.25) is 0 Å². The van der Waals surface area contributed by atoms with Crippen molar-refractivity contribution in [3.63, 3.8) is 0 Å². The number of rotatable bonds is 7. The van der Waals surface area contributed by atoms with Crippen LogP contribution in [0.25, 0.3) is 0 Å². The van der Waals surface area contributed by atoms with E-state index in [2.05, 4.69) is 10.2 Å². The summed E-state index contributed by atoms with van der Waals surface area (Å²) in [6.45, 7) is 4.32. The number of sulfonamides is 1. The van der Waals surface area contributed by atoms with E-state index in [1.165, 1.54) is 0 Å². The first-order valence-electron chi connectivity index (χ1n) is 13.5. The molecule has 3 aromatic carbocycles. The minimum absolute atomic E-state index is 0.0439. The van der Waals surface area contributed by atoms with E-state index in [0.29, 0.717) is 54.4 Å². The van der Waals surface area contributed by atoms with Crippen molar-refractivity contribution in [3.05, 3.63) is 95.6 Å². The lowest BCUT2D eigenvalue weighted by Crippen LogP contribution is -2.48. The Labute approximate surface area is 230 Å². The van der Waals surface area contributed by atoms with E-state index in [1.807, 2.05) is 35.2 Å². The minimum atomic E-state index is -3.48. The number of amides is 2. The zero-order valence-electron chi connectivity index (χ0n) is 22.0. The molecule has 2 aliphatic rings. The monoisotopic (exact) mass is 546 g/mol. The second kappa shape index (κ2) is 12.1. The van der Waals surface area contributed by atoms with E-state index < -0.39 is 10.0 Å². The van der Waals surface area contributed by atoms with Gasteiger partial charge in [0.2, 0.25) is 10.0 Å². The fraction of sp³-hybridized carbons (Fsp3) is 0.333. The van der Waals surface area contributed by atoms with Crippen LogP contribution in [0.5, 0.6) is 0 Å². The molecule has 2 fully saturated rings. The predicted molar refractivity (Wildman–Crippen MR) is 151 cm³/mol. The molecule has 2 saturated heterocycles. The van der Waals surface area contributed by atoms with Crippen molar-refractivity contribution in [2.24, 2.45) is 0 Å². The highest BCUT2D eigenvalue weighted by Gasteiger charge is 2.28. The Balaban J connectivity index is 1.16. The van der Waals surface area contributed by atoms with Gasteiger partial charge in [0, 0.05) is 51.4 Å². The topological polar surface area (TPSA) is 90.0 Å². The third kappa shape index (κ3) is 6.38. The molecule has 8 nitrogen and oxygen atoms in total. The number of nitrogens with one attached hydrogen (secondary N) is 1. The maximum atomic E-state index is 13.1.